The standard InChI is InChI=1S/C9H15N.ClH/c1-2-8(3-1)4-5-9(8)6-10-7-9;/h10H,1-7H2;1H. The molecule has 1 nitrogen and oxygen atoms in total. The third-order valence-corrected chi connectivity index (χ3v) is 4.44. The van der Waals surface area contributed by atoms with Crippen molar-refractivity contribution in [2.45, 2.75) is 32.1 Å². The van der Waals surface area contributed by atoms with Gasteiger partial charge in [0.25, 0.3) is 0 Å². The van der Waals surface area contributed by atoms with Crippen LogP contribution in [0.25, 0.3) is 0 Å². The number of rotatable bonds is 0. The summed E-state index contributed by atoms with van der Waals surface area (Å²) < 4.78 is 0. The lowest BCUT2D eigenvalue weighted by Crippen LogP contribution is -2.70. The Kier molecular flexibility index (Phi) is 1.53. The highest BCUT2D eigenvalue weighted by molar-refractivity contribution is 5.85. The van der Waals surface area contributed by atoms with Crippen LogP contribution in [-0.4, -0.2) is 13.1 Å². The SMILES string of the molecule is C1CC2(C1)CCC21CNC1.Cl. The fourth-order valence-electron chi connectivity index (χ4n) is 3.19. The number of hydrogen-bond acceptors (Lipinski definition) is 1. The van der Waals surface area contributed by atoms with Gasteiger partial charge in [-0.3, -0.25) is 0 Å². The monoisotopic (exact) mass is 173 g/mol. The van der Waals surface area contributed by atoms with Gasteiger partial charge in [-0.1, -0.05) is 6.42 Å². The maximum atomic E-state index is 3.43. The Morgan fingerprint density at radius 3 is 1.55 bits per heavy atom. The number of hydrogen-bond donors (Lipinski definition) is 1. The van der Waals surface area contributed by atoms with Gasteiger partial charge in [0.15, 0.2) is 0 Å². The number of nitrogens with one attached hydrogen (secondary N) is 1. The Balaban J connectivity index is 0.000000480. The van der Waals surface area contributed by atoms with Gasteiger partial charge in [0.2, 0.25) is 0 Å². The van der Waals surface area contributed by atoms with Gasteiger partial charge in [-0.25, -0.2) is 0 Å². The van der Waals surface area contributed by atoms with Crippen molar-refractivity contribution in [1.29, 1.82) is 0 Å². The first kappa shape index (κ1) is 7.88. The van der Waals surface area contributed by atoms with Crippen LogP contribution < -0.4 is 5.32 Å². The lowest BCUT2D eigenvalue weighted by Gasteiger charge is -2.69. The summed E-state index contributed by atoms with van der Waals surface area (Å²) in [6, 6.07) is 0. The molecule has 0 amide bonds. The second-order valence-corrected chi connectivity index (χ2v) is 4.52. The molecule has 0 aromatic heterocycles. The predicted octanol–water partition coefficient (Wildman–Crippen LogP) is 1.96. The fourth-order valence-corrected chi connectivity index (χ4v) is 3.19. The van der Waals surface area contributed by atoms with E-state index in [0.29, 0.717) is 0 Å². The van der Waals surface area contributed by atoms with E-state index in [4.69, 9.17) is 0 Å². The zero-order chi connectivity index (χ0) is 6.66. The molecule has 3 fully saturated rings. The van der Waals surface area contributed by atoms with Gasteiger partial charge < -0.3 is 5.32 Å². The Hall–Kier alpha value is 0.250. The molecule has 1 N–H and O–H groups in total. The fraction of sp³-hybridized carbons (Fsp3) is 1.00. The molecule has 2 aliphatic carbocycles. The summed E-state index contributed by atoms with van der Waals surface area (Å²) in [7, 11) is 0. The molecule has 64 valence electrons. The van der Waals surface area contributed by atoms with Gasteiger partial charge in [-0.15, -0.1) is 12.4 Å². The van der Waals surface area contributed by atoms with Crippen LogP contribution >= 0.6 is 12.4 Å². The highest BCUT2D eigenvalue weighted by Gasteiger charge is 2.63. The van der Waals surface area contributed by atoms with E-state index in [9.17, 15) is 0 Å². The van der Waals surface area contributed by atoms with Crippen LogP contribution in [0.2, 0.25) is 0 Å². The van der Waals surface area contributed by atoms with E-state index in [0.717, 1.165) is 10.8 Å². The van der Waals surface area contributed by atoms with Gasteiger partial charge in [0.05, 0.1) is 0 Å². The first-order chi connectivity index (χ1) is 4.87. The predicted molar refractivity (Wildman–Crippen MR) is 48.1 cm³/mol. The average Bonchev–Trinajstić information content (AvgIpc) is 1.51. The van der Waals surface area contributed by atoms with E-state index in [1.807, 2.05) is 0 Å². The van der Waals surface area contributed by atoms with Crippen molar-refractivity contribution in [2.75, 3.05) is 13.1 Å². The molecule has 2 saturated carbocycles. The Labute approximate surface area is 74.3 Å². The molecule has 0 radical (unpaired) electrons. The minimum Gasteiger partial charge on any atom is -0.315 e. The summed E-state index contributed by atoms with van der Waals surface area (Å²) in [5.41, 5.74) is 1.70. The van der Waals surface area contributed by atoms with Crippen molar-refractivity contribution in [3.05, 3.63) is 0 Å². The molecular weight excluding hydrogens is 158 g/mol. The molecule has 2 spiro atoms. The lowest BCUT2D eigenvalue weighted by molar-refractivity contribution is -0.167. The zero-order valence-corrected chi connectivity index (χ0v) is 7.67. The Bertz CT molecular complexity index is 139. The van der Waals surface area contributed by atoms with Gasteiger partial charge in [-0.2, -0.15) is 0 Å². The zero-order valence-electron chi connectivity index (χ0n) is 6.86. The molecule has 1 saturated heterocycles. The van der Waals surface area contributed by atoms with Crippen LogP contribution in [0.15, 0.2) is 0 Å². The summed E-state index contributed by atoms with van der Waals surface area (Å²) >= 11 is 0. The molecule has 1 aliphatic heterocycles. The molecular formula is C9H16ClN. The minimum atomic E-state index is 0. The van der Waals surface area contributed by atoms with Crippen LogP contribution in [-0.2, 0) is 0 Å². The topological polar surface area (TPSA) is 12.0 Å². The van der Waals surface area contributed by atoms with E-state index < -0.39 is 0 Å². The van der Waals surface area contributed by atoms with Gasteiger partial charge in [0.1, 0.15) is 0 Å². The third kappa shape index (κ3) is 0.671. The van der Waals surface area contributed by atoms with Crippen molar-refractivity contribution in [2.24, 2.45) is 10.8 Å². The summed E-state index contributed by atoms with van der Waals surface area (Å²) in [6.07, 6.45) is 7.69. The van der Waals surface area contributed by atoms with Crippen LogP contribution in [0.3, 0.4) is 0 Å². The molecule has 3 rings (SSSR count). The highest BCUT2D eigenvalue weighted by Crippen LogP contribution is 2.68. The van der Waals surface area contributed by atoms with Crippen molar-refractivity contribution >= 4 is 12.4 Å². The summed E-state index contributed by atoms with van der Waals surface area (Å²) in [5, 5.41) is 3.43. The molecule has 11 heavy (non-hydrogen) atoms. The van der Waals surface area contributed by atoms with Crippen LogP contribution in [0, 0.1) is 10.8 Å². The molecule has 0 bridgehead atoms. The van der Waals surface area contributed by atoms with Gasteiger partial charge in [0, 0.05) is 18.5 Å². The molecule has 0 unspecified atom stereocenters. The Morgan fingerprint density at radius 1 is 0.818 bits per heavy atom. The normalized spacial score (nSPS) is 34.9. The second-order valence-electron chi connectivity index (χ2n) is 4.52. The lowest BCUT2D eigenvalue weighted by atomic mass is 9.39. The second kappa shape index (κ2) is 2.14. The maximum Gasteiger partial charge on any atom is 0.00256 e. The third-order valence-electron chi connectivity index (χ3n) is 4.44. The van der Waals surface area contributed by atoms with Crippen molar-refractivity contribution in [1.82, 2.24) is 5.32 Å². The summed E-state index contributed by atoms with van der Waals surface area (Å²) in [5.74, 6) is 0. The molecule has 2 heteroatoms. The quantitative estimate of drug-likeness (QED) is 0.591. The van der Waals surface area contributed by atoms with E-state index >= 15 is 0 Å². The summed E-state index contributed by atoms with van der Waals surface area (Å²) in [4.78, 5) is 0. The minimum absolute atomic E-state index is 0. The largest absolute Gasteiger partial charge is 0.315 e. The molecule has 0 atom stereocenters. The molecule has 0 aromatic rings. The highest BCUT2D eigenvalue weighted by atomic mass is 35.5. The van der Waals surface area contributed by atoms with Gasteiger partial charge >= 0.3 is 0 Å². The smallest absolute Gasteiger partial charge is 0.00256 e. The number of halogens is 1. The van der Waals surface area contributed by atoms with Crippen molar-refractivity contribution < 1.29 is 0 Å². The van der Waals surface area contributed by atoms with Gasteiger partial charge in [-0.05, 0) is 31.1 Å². The van der Waals surface area contributed by atoms with E-state index in [1.165, 1.54) is 25.9 Å². The van der Waals surface area contributed by atoms with E-state index in [1.54, 1.807) is 19.3 Å². The van der Waals surface area contributed by atoms with E-state index in [-0.39, 0.29) is 12.4 Å². The van der Waals surface area contributed by atoms with Crippen molar-refractivity contribution in [3.8, 4) is 0 Å². The van der Waals surface area contributed by atoms with Crippen LogP contribution in [0.4, 0.5) is 0 Å². The molecule has 0 aromatic carbocycles. The van der Waals surface area contributed by atoms with E-state index in [2.05, 4.69) is 5.32 Å². The average molecular weight is 174 g/mol. The molecule has 3 aliphatic rings. The van der Waals surface area contributed by atoms with Crippen LogP contribution in [0.1, 0.15) is 32.1 Å². The van der Waals surface area contributed by atoms with Crippen LogP contribution in [0.5, 0.6) is 0 Å². The number of fused-ring (bicyclic) bond motifs is 1. The first-order valence-electron chi connectivity index (χ1n) is 4.58. The Morgan fingerprint density at radius 2 is 1.45 bits per heavy atom. The maximum absolute atomic E-state index is 3.43. The first-order valence-corrected chi connectivity index (χ1v) is 4.58. The summed E-state index contributed by atoms with van der Waals surface area (Å²) in [6.45, 7) is 2.68. The van der Waals surface area contributed by atoms with Crippen molar-refractivity contribution in [3.63, 3.8) is 0 Å². The molecule has 1 heterocycles.